The van der Waals surface area contributed by atoms with Crippen molar-refractivity contribution in [3.8, 4) is 33.4 Å². The molecule has 0 atom stereocenters. The van der Waals surface area contributed by atoms with E-state index >= 15 is 0 Å². The number of hydrogen-bond donors (Lipinski definition) is 0. The van der Waals surface area contributed by atoms with E-state index in [0.29, 0.717) is 0 Å². The Labute approximate surface area is 321 Å². The lowest BCUT2D eigenvalue weighted by Gasteiger charge is -2.61. The van der Waals surface area contributed by atoms with Crippen molar-refractivity contribution in [2.24, 2.45) is 23.7 Å². The Hall–Kier alpha value is -5.44. The summed E-state index contributed by atoms with van der Waals surface area (Å²) in [5.74, 6) is 3.30. The third-order valence-electron chi connectivity index (χ3n) is 13.9. The predicted octanol–water partition coefficient (Wildman–Crippen LogP) is 14.6. The molecule has 1 spiro atoms. The molecule has 54 heavy (non-hydrogen) atoms. The molecule has 4 fully saturated rings. The number of anilines is 3. The average molecular weight is 712 g/mol. The smallest absolute Gasteiger partial charge is 0.0540 e. The van der Waals surface area contributed by atoms with E-state index in [0.717, 1.165) is 23.7 Å². The molecular weight excluding hydrogens is 671 g/mol. The van der Waals surface area contributed by atoms with Gasteiger partial charge in [-0.3, -0.25) is 0 Å². The fourth-order valence-electron chi connectivity index (χ4n) is 11.9. The van der Waals surface area contributed by atoms with Crippen LogP contribution in [0.3, 0.4) is 0 Å². The summed E-state index contributed by atoms with van der Waals surface area (Å²) in [7, 11) is 0. The topological polar surface area (TPSA) is 3.24 Å². The normalized spacial score (nSPS) is 23.3. The van der Waals surface area contributed by atoms with Gasteiger partial charge in [0.1, 0.15) is 0 Å². The first-order valence-electron chi connectivity index (χ1n) is 19.9. The number of rotatable bonds is 5. The van der Waals surface area contributed by atoms with Crippen LogP contribution in [-0.4, -0.2) is 0 Å². The highest BCUT2D eigenvalue weighted by atomic mass is 32.1. The molecule has 0 radical (unpaired) electrons. The van der Waals surface area contributed by atoms with E-state index in [9.17, 15) is 0 Å². The van der Waals surface area contributed by atoms with Crippen LogP contribution < -0.4 is 4.90 Å². The molecule has 13 rings (SSSR count). The maximum Gasteiger partial charge on any atom is 0.0540 e. The van der Waals surface area contributed by atoms with Crippen LogP contribution in [0.15, 0.2) is 164 Å². The Morgan fingerprint density at radius 3 is 1.87 bits per heavy atom. The minimum Gasteiger partial charge on any atom is -0.310 e. The van der Waals surface area contributed by atoms with Gasteiger partial charge in [0.05, 0.1) is 5.69 Å². The molecule has 5 aliphatic rings. The number of benzene rings is 7. The zero-order chi connectivity index (χ0) is 35.4. The third kappa shape index (κ3) is 4.44. The van der Waals surface area contributed by atoms with Gasteiger partial charge in [0, 0.05) is 42.5 Å². The van der Waals surface area contributed by atoms with Crippen molar-refractivity contribution in [2.75, 3.05) is 4.90 Å². The molecule has 2 heteroatoms. The molecule has 8 aromatic rings. The van der Waals surface area contributed by atoms with Crippen molar-refractivity contribution < 1.29 is 0 Å². The third-order valence-corrected chi connectivity index (χ3v) is 15.0. The Bertz CT molecular complexity index is 2710. The second kappa shape index (κ2) is 11.8. The van der Waals surface area contributed by atoms with Crippen LogP contribution in [0.4, 0.5) is 17.1 Å². The SMILES string of the molecule is c1ccc(-c2ccccc2N(c2ccc(-c3ccc4sc5ccccc5c4c3)cc2)c2ccc3c(c2)C2(c4ccccc4-3)C3CC4CC(C3)CC2C4)cc1. The molecule has 0 N–H and O–H groups in total. The van der Waals surface area contributed by atoms with E-state index in [1.165, 1.54) is 103 Å². The molecular formula is C52H41NS. The fourth-order valence-corrected chi connectivity index (χ4v) is 13.0. The number of thiophene rings is 1. The van der Waals surface area contributed by atoms with Gasteiger partial charge >= 0.3 is 0 Å². The van der Waals surface area contributed by atoms with Crippen LogP contribution in [-0.2, 0) is 5.41 Å². The Morgan fingerprint density at radius 2 is 1.06 bits per heavy atom. The molecule has 0 saturated heterocycles. The van der Waals surface area contributed by atoms with Gasteiger partial charge in [0.15, 0.2) is 0 Å². The number of hydrogen-bond acceptors (Lipinski definition) is 2. The zero-order valence-corrected chi connectivity index (χ0v) is 31.1. The molecule has 260 valence electrons. The lowest BCUT2D eigenvalue weighted by Crippen LogP contribution is -2.55. The Morgan fingerprint density at radius 1 is 0.426 bits per heavy atom. The Kier molecular flexibility index (Phi) is 6.75. The zero-order valence-electron chi connectivity index (χ0n) is 30.3. The fraction of sp³-hybridized carbons (Fsp3) is 0.192. The standard InChI is InChI=1S/C52H41NS/c1-2-10-36(11-3-1)42-12-5-8-16-49(42)53(40-21-18-35(19-22-40)37-20-25-51-46(31-37)45-14-6-9-17-50(45)54-51)41-23-24-44-43-13-4-7-15-47(43)52(48(44)32-41)38-27-33-26-34(29-38)30-39(52)28-33/h1-25,31-34,38-39H,26-30H2. The summed E-state index contributed by atoms with van der Waals surface area (Å²) in [6.07, 6.45) is 7.02. The van der Waals surface area contributed by atoms with E-state index < -0.39 is 0 Å². The number of fused-ring (bicyclic) bond motifs is 6. The average Bonchev–Trinajstić information content (AvgIpc) is 3.74. The van der Waals surface area contributed by atoms with Crippen molar-refractivity contribution in [2.45, 2.75) is 37.5 Å². The second-order valence-corrected chi connectivity index (χ2v) is 17.6. The molecule has 7 aromatic carbocycles. The van der Waals surface area contributed by atoms with E-state index in [1.807, 2.05) is 11.3 Å². The monoisotopic (exact) mass is 711 g/mol. The number of nitrogens with zero attached hydrogens (tertiary/aromatic N) is 1. The maximum absolute atomic E-state index is 2.63. The molecule has 0 aliphatic heterocycles. The van der Waals surface area contributed by atoms with E-state index in [1.54, 1.807) is 11.1 Å². The lowest BCUT2D eigenvalue weighted by atomic mass is 9.43. The van der Waals surface area contributed by atoms with Gasteiger partial charge in [0.2, 0.25) is 0 Å². The van der Waals surface area contributed by atoms with Gasteiger partial charge in [-0.05, 0) is 143 Å². The molecule has 1 heterocycles. The molecule has 1 aromatic heterocycles. The van der Waals surface area contributed by atoms with Crippen molar-refractivity contribution in [1.82, 2.24) is 0 Å². The van der Waals surface area contributed by atoms with Crippen molar-refractivity contribution in [1.29, 1.82) is 0 Å². The highest BCUT2D eigenvalue weighted by Crippen LogP contribution is 2.69. The van der Waals surface area contributed by atoms with Crippen LogP contribution in [0.25, 0.3) is 53.6 Å². The minimum absolute atomic E-state index is 0.119. The van der Waals surface area contributed by atoms with Crippen molar-refractivity contribution in [3.05, 3.63) is 175 Å². The summed E-state index contributed by atoms with van der Waals surface area (Å²) in [5, 5.41) is 2.68. The lowest BCUT2D eigenvalue weighted by molar-refractivity contribution is -0.0399. The predicted molar refractivity (Wildman–Crippen MR) is 228 cm³/mol. The largest absolute Gasteiger partial charge is 0.310 e. The molecule has 0 amide bonds. The first kappa shape index (κ1) is 31.0. The molecule has 1 nitrogen and oxygen atoms in total. The van der Waals surface area contributed by atoms with Gasteiger partial charge in [-0.25, -0.2) is 0 Å². The second-order valence-electron chi connectivity index (χ2n) is 16.5. The quantitative estimate of drug-likeness (QED) is 0.172. The van der Waals surface area contributed by atoms with Crippen molar-refractivity contribution in [3.63, 3.8) is 0 Å². The summed E-state index contributed by atoms with van der Waals surface area (Å²) >= 11 is 1.88. The Balaban J connectivity index is 1.03. The molecule has 4 saturated carbocycles. The van der Waals surface area contributed by atoms with E-state index in [-0.39, 0.29) is 5.41 Å². The van der Waals surface area contributed by atoms with Crippen LogP contribution in [0, 0.1) is 23.7 Å². The van der Waals surface area contributed by atoms with E-state index in [4.69, 9.17) is 0 Å². The molecule has 4 bridgehead atoms. The van der Waals surface area contributed by atoms with E-state index in [2.05, 4.69) is 169 Å². The molecule has 5 aliphatic carbocycles. The van der Waals surface area contributed by atoms with Crippen LogP contribution in [0.5, 0.6) is 0 Å². The van der Waals surface area contributed by atoms with Crippen LogP contribution >= 0.6 is 11.3 Å². The van der Waals surface area contributed by atoms with Gasteiger partial charge in [0.25, 0.3) is 0 Å². The van der Waals surface area contributed by atoms with Gasteiger partial charge < -0.3 is 4.90 Å². The highest BCUT2D eigenvalue weighted by molar-refractivity contribution is 7.25. The van der Waals surface area contributed by atoms with Crippen LogP contribution in [0.2, 0.25) is 0 Å². The van der Waals surface area contributed by atoms with Gasteiger partial charge in [-0.2, -0.15) is 0 Å². The summed E-state index contributed by atoms with van der Waals surface area (Å²) in [5.41, 5.74) is 14.9. The first-order chi connectivity index (χ1) is 26.7. The van der Waals surface area contributed by atoms with Gasteiger partial charge in [-0.1, -0.05) is 115 Å². The molecule has 0 unspecified atom stereocenters. The summed E-state index contributed by atoms with van der Waals surface area (Å²) in [6.45, 7) is 0. The minimum atomic E-state index is 0.119. The van der Waals surface area contributed by atoms with Crippen molar-refractivity contribution >= 4 is 48.6 Å². The first-order valence-corrected chi connectivity index (χ1v) is 20.7. The number of para-hydroxylation sites is 1. The van der Waals surface area contributed by atoms with Gasteiger partial charge in [-0.15, -0.1) is 11.3 Å². The summed E-state index contributed by atoms with van der Waals surface area (Å²) in [6, 6.07) is 61.9. The highest BCUT2D eigenvalue weighted by Gasteiger charge is 2.61. The summed E-state index contributed by atoms with van der Waals surface area (Å²) < 4.78 is 2.69. The summed E-state index contributed by atoms with van der Waals surface area (Å²) in [4.78, 5) is 2.54. The van der Waals surface area contributed by atoms with Crippen LogP contribution in [0.1, 0.15) is 43.2 Å². The maximum atomic E-state index is 2.63.